The minimum absolute atomic E-state index is 0.112. The van der Waals surface area contributed by atoms with E-state index >= 15 is 0 Å². The van der Waals surface area contributed by atoms with Gasteiger partial charge < -0.3 is 26.0 Å². The molecular weight excluding hydrogens is 292 g/mol. The van der Waals surface area contributed by atoms with E-state index in [1.807, 2.05) is 30.3 Å². The molecule has 2 rings (SSSR count). The molecule has 0 aliphatic carbocycles. The zero-order chi connectivity index (χ0) is 16.7. The van der Waals surface area contributed by atoms with E-state index < -0.39 is 6.10 Å². The lowest BCUT2D eigenvalue weighted by Crippen LogP contribution is -2.42. The summed E-state index contributed by atoms with van der Waals surface area (Å²) in [6, 6.07) is 14.7. The van der Waals surface area contributed by atoms with Crippen LogP contribution in [-0.2, 0) is 13.0 Å². The normalized spacial score (nSPS) is 13.5. The molecule has 5 N–H and O–H groups in total. The van der Waals surface area contributed by atoms with Crippen LogP contribution in [0.3, 0.4) is 0 Å². The number of hydrogen-bond donors (Lipinski definition) is 4. The third-order valence-electron chi connectivity index (χ3n) is 3.74. The Labute approximate surface area is 136 Å². The molecule has 0 saturated heterocycles. The number of hydrogen-bond acceptors (Lipinski definition) is 5. The van der Waals surface area contributed by atoms with E-state index in [0.29, 0.717) is 25.3 Å². The summed E-state index contributed by atoms with van der Waals surface area (Å²) in [4.78, 5) is 0. The van der Waals surface area contributed by atoms with Gasteiger partial charge in [0.25, 0.3) is 0 Å². The molecule has 0 saturated carbocycles. The molecule has 0 amide bonds. The van der Waals surface area contributed by atoms with Gasteiger partial charge in [-0.25, -0.2) is 0 Å². The third kappa shape index (κ3) is 5.25. The van der Waals surface area contributed by atoms with Crippen molar-refractivity contribution < 1.29 is 14.9 Å². The van der Waals surface area contributed by atoms with Gasteiger partial charge in [-0.3, -0.25) is 0 Å². The first-order valence-corrected chi connectivity index (χ1v) is 7.64. The molecule has 2 aromatic rings. The number of aliphatic hydroxyl groups excluding tert-OH is 1. The fraction of sp³-hybridized carbons (Fsp3) is 0.333. The number of aliphatic hydroxyl groups is 1. The summed E-state index contributed by atoms with van der Waals surface area (Å²) in [5, 5.41) is 22.9. The molecule has 2 aromatic carbocycles. The molecule has 0 radical (unpaired) electrons. The zero-order valence-corrected chi connectivity index (χ0v) is 13.3. The van der Waals surface area contributed by atoms with Crippen molar-refractivity contribution in [3.8, 4) is 11.5 Å². The molecule has 0 spiro atoms. The van der Waals surface area contributed by atoms with Gasteiger partial charge in [-0.2, -0.15) is 0 Å². The van der Waals surface area contributed by atoms with Crippen molar-refractivity contribution in [2.24, 2.45) is 5.73 Å². The van der Waals surface area contributed by atoms with Crippen LogP contribution in [0.15, 0.2) is 48.5 Å². The fourth-order valence-electron chi connectivity index (χ4n) is 2.37. The fourth-order valence-corrected chi connectivity index (χ4v) is 2.37. The van der Waals surface area contributed by atoms with Gasteiger partial charge in [-0.05, 0) is 29.7 Å². The molecule has 124 valence electrons. The van der Waals surface area contributed by atoms with Crippen molar-refractivity contribution in [2.75, 3.05) is 13.7 Å². The van der Waals surface area contributed by atoms with Crippen molar-refractivity contribution in [3.05, 3.63) is 59.7 Å². The maximum atomic E-state index is 10.1. The number of rotatable bonds is 8. The van der Waals surface area contributed by atoms with E-state index in [2.05, 4.69) is 5.32 Å². The summed E-state index contributed by atoms with van der Waals surface area (Å²) in [7, 11) is 1.51. The molecule has 0 aliphatic rings. The Morgan fingerprint density at radius 2 is 1.87 bits per heavy atom. The highest BCUT2D eigenvalue weighted by atomic mass is 16.5. The van der Waals surface area contributed by atoms with Crippen LogP contribution in [0.1, 0.15) is 11.1 Å². The second-order valence-corrected chi connectivity index (χ2v) is 5.56. The summed E-state index contributed by atoms with van der Waals surface area (Å²) in [5.41, 5.74) is 8.13. The van der Waals surface area contributed by atoms with E-state index in [-0.39, 0.29) is 11.8 Å². The van der Waals surface area contributed by atoms with Crippen LogP contribution < -0.4 is 15.8 Å². The number of phenols is 1. The maximum absolute atomic E-state index is 10.1. The van der Waals surface area contributed by atoms with Crippen molar-refractivity contribution in [1.29, 1.82) is 0 Å². The number of nitrogens with one attached hydrogen (secondary N) is 1. The van der Waals surface area contributed by atoms with E-state index in [9.17, 15) is 10.2 Å². The van der Waals surface area contributed by atoms with Gasteiger partial charge >= 0.3 is 0 Å². The van der Waals surface area contributed by atoms with Gasteiger partial charge in [0.15, 0.2) is 11.5 Å². The van der Waals surface area contributed by atoms with Crippen LogP contribution in [0, 0.1) is 0 Å². The highest BCUT2D eigenvalue weighted by molar-refractivity contribution is 5.41. The minimum atomic E-state index is -0.630. The molecule has 5 heteroatoms. The summed E-state index contributed by atoms with van der Waals surface area (Å²) >= 11 is 0. The van der Waals surface area contributed by atoms with Crippen LogP contribution >= 0.6 is 0 Å². The van der Waals surface area contributed by atoms with E-state index in [1.165, 1.54) is 7.11 Å². The van der Waals surface area contributed by atoms with Crippen molar-refractivity contribution in [2.45, 2.75) is 25.1 Å². The number of nitrogens with two attached hydrogens (primary N) is 1. The largest absolute Gasteiger partial charge is 0.504 e. The Kier molecular flexibility index (Phi) is 6.40. The first-order chi connectivity index (χ1) is 11.1. The highest BCUT2D eigenvalue weighted by Crippen LogP contribution is 2.26. The predicted octanol–water partition coefficient (Wildman–Crippen LogP) is 1.42. The standard InChI is InChI=1S/C18H24N2O3/c1-23-18-10-14(7-8-16(18)21)11-20-12-17(22)15(19)9-13-5-3-2-4-6-13/h2-8,10,15,17,20-22H,9,11-12,19H2,1H3/t15-,17+/m0/s1. The number of phenolic OH excluding ortho intramolecular Hbond substituents is 1. The van der Waals surface area contributed by atoms with Crippen molar-refractivity contribution in [1.82, 2.24) is 5.32 Å². The molecule has 23 heavy (non-hydrogen) atoms. The molecular formula is C18H24N2O3. The highest BCUT2D eigenvalue weighted by Gasteiger charge is 2.15. The third-order valence-corrected chi connectivity index (χ3v) is 3.74. The summed E-state index contributed by atoms with van der Waals surface area (Å²) in [6.07, 6.45) is 0.00528. The Hall–Kier alpha value is -2.08. The SMILES string of the molecule is COc1cc(CNC[C@@H](O)[C@@H](N)Cc2ccccc2)ccc1O. The Morgan fingerprint density at radius 1 is 1.13 bits per heavy atom. The monoisotopic (exact) mass is 316 g/mol. The van der Waals surface area contributed by atoms with Crippen molar-refractivity contribution >= 4 is 0 Å². The smallest absolute Gasteiger partial charge is 0.160 e. The minimum Gasteiger partial charge on any atom is -0.504 e. The van der Waals surface area contributed by atoms with Gasteiger partial charge in [-0.1, -0.05) is 36.4 Å². The van der Waals surface area contributed by atoms with Gasteiger partial charge in [0.05, 0.1) is 13.2 Å². The van der Waals surface area contributed by atoms with Gasteiger partial charge in [0.2, 0.25) is 0 Å². The summed E-state index contributed by atoms with van der Waals surface area (Å²) in [6.45, 7) is 0.961. The topological polar surface area (TPSA) is 87.7 Å². The lowest BCUT2D eigenvalue weighted by Gasteiger charge is -2.19. The zero-order valence-electron chi connectivity index (χ0n) is 13.3. The number of ether oxygens (including phenoxy) is 1. The van der Waals surface area contributed by atoms with E-state index in [0.717, 1.165) is 11.1 Å². The number of methoxy groups -OCH3 is 1. The van der Waals surface area contributed by atoms with Gasteiger partial charge in [-0.15, -0.1) is 0 Å². The number of aromatic hydroxyl groups is 1. The molecule has 5 nitrogen and oxygen atoms in total. The Morgan fingerprint density at radius 3 is 2.57 bits per heavy atom. The van der Waals surface area contributed by atoms with Crippen LogP contribution in [0.2, 0.25) is 0 Å². The molecule has 0 heterocycles. The van der Waals surface area contributed by atoms with Gasteiger partial charge in [0.1, 0.15) is 0 Å². The Balaban J connectivity index is 1.79. The average Bonchev–Trinajstić information content (AvgIpc) is 2.57. The second-order valence-electron chi connectivity index (χ2n) is 5.56. The quantitative estimate of drug-likeness (QED) is 0.592. The van der Waals surface area contributed by atoms with E-state index in [1.54, 1.807) is 18.2 Å². The molecule has 2 atom stereocenters. The van der Waals surface area contributed by atoms with Crippen molar-refractivity contribution in [3.63, 3.8) is 0 Å². The molecule has 0 unspecified atom stereocenters. The predicted molar refractivity (Wildman–Crippen MR) is 90.5 cm³/mol. The first kappa shape index (κ1) is 17.3. The number of benzene rings is 2. The van der Waals surface area contributed by atoms with E-state index in [4.69, 9.17) is 10.5 Å². The molecule has 0 bridgehead atoms. The van der Waals surface area contributed by atoms with Crippen LogP contribution in [0.4, 0.5) is 0 Å². The van der Waals surface area contributed by atoms with Crippen LogP contribution in [0.25, 0.3) is 0 Å². The maximum Gasteiger partial charge on any atom is 0.160 e. The first-order valence-electron chi connectivity index (χ1n) is 7.64. The lowest BCUT2D eigenvalue weighted by molar-refractivity contribution is 0.141. The van der Waals surface area contributed by atoms with Gasteiger partial charge in [0, 0.05) is 19.1 Å². The van der Waals surface area contributed by atoms with Crippen LogP contribution in [-0.4, -0.2) is 36.0 Å². The summed E-state index contributed by atoms with van der Waals surface area (Å²) < 4.78 is 5.07. The lowest BCUT2D eigenvalue weighted by atomic mass is 10.0. The molecule has 0 aromatic heterocycles. The molecule has 0 fully saturated rings. The Bertz CT molecular complexity index is 604. The molecule has 0 aliphatic heterocycles. The second kappa shape index (κ2) is 8.53. The average molecular weight is 316 g/mol. The summed E-state index contributed by atoms with van der Waals surface area (Å²) in [5.74, 6) is 0.548. The van der Waals surface area contributed by atoms with Crippen LogP contribution in [0.5, 0.6) is 11.5 Å².